The van der Waals surface area contributed by atoms with Gasteiger partial charge >= 0.3 is 0 Å². The fourth-order valence-corrected chi connectivity index (χ4v) is 1.33. The average molecular weight is 179 g/mol. The SMILES string of the molecule is CC(C)(C)c1cnc(C2(N)CC2)[nH]1. The third-order valence-corrected chi connectivity index (χ3v) is 2.64. The van der Waals surface area contributed by atoms with Crippen molar-refractivity contribution < 1.29 is 0 Å². The second-order valence-corrected chi connectivity index (χ2v) is 5.05. The lowest BCUT2D eigenvalue weighted by Gasteiger charge is -2.15. The van der Waals surface area contributed by atoms with Gasteiger partial charge in [-0.15, -0.1) is 0 Å². The molecule has 0 aromatic carbocycles. The number of hydrogen-bond donors (Lipinski definition) is 2. The third-order valence-electron chi connectivity index (χ3n) is 2.64. The summed E-state index contributed by atoms with van der Waals surface area (Å²) in [4.78, 5) is 7.66. The van der Waals surface area contributed by atoms with Crippen molar-refractivity contribution in [2.24, 2.45) is 5.73 Å². The van der Waals surface area contributed by atoms with Crippen molar-refractivity contribution >= 4 is 0 Å². The molecule has 1 heterocycles. The van der Waals surface area contributed by atoms with E-state index in [4.69, 9.17) is 5.73 Å². The van der Waals surface area contributed by atoms with Crippen LogP contribution in [0.2, 0.25) is 0 Å². The zero-order valence-electron chi connectivity index (χ0n) is 8.52. The van der Waals surface area contributed by atoms with Crippen molar-refractivity contribution in [2.45, 2.75) is 44.6 Å². The molecule has 0 unspecified atom stereocenters. The van der Waals surface area contributed by atoms with Gasteiger partial charge in [-0.3, -0.25) is 0 Å². The Balaban J connectivity index is 2.29. The van der Waals surface area contributed by atoms with E-state index in [1.165, 1.54) is 5.69 Å². The van der Waals surface area contributed by atoms with Gasteiger partial charge < -0.3 is 10.7 Å². The van der Waals surface area contributed by atoms with Crippen molar-refractivity contribution in [1.82, 2.24) is 9.97 Å². The lowest BCUT2D eigenvalue weighted by Crippen LogP contribution is -2.21. The van der Waals surface area contributed by atoms with Crippen molar-refractivity contribution in [3.05, 3.63) is 17.7 Å². The largest absolute Gasteiger partial charge is 0.344 e. The summed E-state index contributed by atoms with van der Waals surface area (Å²) in [6.45, 7) is 6.50. The molecule has 1 aliphatic carbocycles. The van der Waals surface area contributed by atoms with E-state index in [9.17, 15) is 0 Å². The maximum atomic E-state index is 6.03. The molecule has 1 fully saturated rings. The second kappa shape index (κ2) is 2.35. The predicted octanol–water partition coefficient (Wildman–Crippen LogP) is 1.65. The molecule has 1 aliphatic rings. The van der Waals surface area contributed by atoms with E-state index in [0.29, 0.717) is 0 Å². The first-order valence-electron chi connectivity index (χ1n) is 4.77. The molecule has 72 valence electrons. The number of nitrogens with two attached hydrogens (primary N) is 1. The normalized spacial score (nSPS) is 20.3. The summed E-state index contributed by atoms with van der Waals surface area (Å²) in [5.41, 5.74) is 7.20. The Hall–Kier alpha value is -0.830. The molecule has 1 aromatic rings. The average Bonchev–Trinajstić information content (AvgIpc) is 2.60. The Morgan fingerprint density at radius 3 is 2.46 bits per heavy atom. The quantitative estimate of drug-likeness (QED) is 0.688. The Morgan fingerprint density at radius 1 is 1.46 bits per heavy atom. The number of aromatic nitrogens is 2. The summed E-state index contributed by atoms with van der Waals surface area (Å²) in [6, 6.07) is 0. The zero-order valence-corrected chi connectivity index (χ0v) is 8.52. The molecule has 3 nitrogen and oxygen atoms in total. The molecule has 0 saturated heterocycles. The van der Waals surface area contributed by atoms with E-state index < -0.39 is 0 Å². The monoisotopic (exact) mass is 179 g/mol. The molecule has 0 atom stereocenters. The van der Waals surface area contributed by atoms with Crippen molar-refractivity contribution in [1.29, 1.82) is 0 Å². The number of rotatable bonds is 1. The molecule has 1 aromatic heterocycles. The third kappa shape index (κ3) is 1.48. The predicted molar refractivity (Wildman–Crippen MR) is 52.4 cm³/mol. The highest BCUT2D eigenvalue weighted by Crippen LogP contribution is 2.41. The standard InChI is InChI=1S/C10H17N3/c1-9(2,3)7-6-12-8(13-7)10(11)4-5-10/h6H,4-5,11H2,1-3H3,(H,12,13). The number of nitrogens with one attached hydrogen (secondary N) is 1. The van der Waals surface area contributed by atoms with Gasteiger partial charge in [0.25, 0.3) is 0 Å². The summed E-state index contributed by atoms with van der Waals surface area (Å²) in [6.07, 6.45) is 4.02. The van der Waals surface area contributed by atoms with Crippen LogP contribution in [0.3, 0.4) is 0 Å². The Bertz CT molecular complexity index is 295. The van der Waals surface area contributed by atoms with Crippen LogP contribution < -0.4 is 5.73 Å². The van der Waals surface area contributed by atoms with E-state index in [2.05, 4.69) is 30.7 Å². The first-order valence-corrected chi connectivity index (χ1v) is 4.77. The van der Waals surface area contributed by atoms with Gasteiger partial charge in [-0.05, 0) is 12.8 Å². The van der Waals surface area contributed by atoms with E-state index in [1.807, 2.05) is 6.20 Å². The van der Waals surface area contributed by atoms with Crippen LogP contribution in [0.4, 0.5) is 0 Å². The summed E-state index contributed by atoms with van der Waals surface area (Å²) in [7, 11) is 0. The van der Waals surface area contributed by atoms with E-state index >= 15 is 0 Å². The van der Waals surface area contributed by atoms with Crippen LogP contribution in [0, 0.1) is 0 Å². The van der Waals surface area contributed by atoms with Crippen LogP contribution in [0.5, 0.6) is 0 Å². The highest BCUT2D eigenvalue weighted by atomic mass is 15.0. The molecule has 3 N–H and O–H groups in total. The molecule has 0 aliphatic heterocycles. The summed E-state index contributed by atoms with van der Waals surface area (Å²) in [5, 5.41) is 0. The van der Waals surface area contributed by atoms with Crippen LogP contribution in [-0.2, 0) is 11.0 Å². The molecule has 0 radical (unpaired) electrons. The van der Waals surface area contributed by atoms with E-state index in [1.54, 1.807) is 0 Å². The molecule has 2 rings (SSSR count). The molecule has 13 heavy (non-hydrogen) atoms. The van der Waals surface area contributed by atoms with Gasteiger partial charge in [0.1, 0.15) is 5.82 Å². The van der Waals surface area contributed by atoms with Gasteiger partial charge in [0.2, 0.25) is 0 Å². The Morgan fingerprint density at radius 2 is 2.08 bits per heavy atom. The zero-order chi connectivity index (χ0) is 9.69. The second-order valence-electron chi connectivity index (χ2n) is 5.05. The van der Waals surface area contributed by atoms with Gasteiger partial charge in [-0.25, -0.2) is 4.98 Å². The maximum absolute atomic E-state index is 6.03. The molecule has 0 amide bonds. The lowest BCUT2D eigenvalue weighted by molar-refractivity contribution is 0.566. The van der Waals surface area contributed by atoms with E-state index in [0.717, 1.165) is 18.7 Å². The van der Waals surface area contributed by atoms with Crippen LogP contribution in [0.1, 0.15) is 45.1 Å². The molecular formula is C10H17N3. The van der Waals surface area contributed by atoms with Gasteiger partial charge in [0, 0.05) is 17.3 Å². The Labute approximate surface area is 78.7 Å². The van der Waals surface area contributed by atoms with Crippen LogP contribution >= 0.6 is 0 Å². The fraction of sp³-hybridized carbons (Fsp3) is 0.700. The van der Waals surface area contributed by atoms with Crippen molar-refractivity contribution in [3.63, 3.8) is 0 Å². The lowest BCUT2D eigenvalue weighted by atomic mass is 9.93. The van der Waals surface area contributed by atoms with E-state index in [-0.39, 0.29) is 11.0 Å². The fourth-order valence-electron chi connectivity index (χ4n) is 1.33. The van der Waals surface area contributed by atoms with Crippen LogP contribution in [0.25, 0.3) is 0 Å². The number of H-pyrrole nitrogens is 1. The summed E-state index contributed by atoms with van der Waals surface area (Å²) in [5.74, 6) is 0.956. The number of aromatic amines is 1. The Kier molecular flexibility index (Phi) is 1.58. The summed E-state index contributed by atoms with van der Waals surface area (Å²) >= 11 is 0. The van der Waals surface area contributed by atoms with Crippen molar-refractivity contribution in [2.75, 3.05) is 0 Å². The van der Waals surface area contributed by atoms with Crippen LogP contribution in [0.15, 0.2) is 6.20 Å². The first-order chi connectivity index (χ1) is 5.92. The minimum absolute atomic E-state index is 0.135. The molecule has 1 saturated carbocycles. The first kappa shape index (κ1) is 8.75. The maximum Gasteiger partial charge on any atom is 0.126 e. The van der Waals surface area contributed by atoms with Crippen LogP contribution in [-0.4, -0.2) is 9.97 Å². The van der Waals surface area contributed by atoms with Gasteiger partial charge in [-0.2, -0.15) is 0 Å². The topological polar surface area (TPSA) is 54.7 Å². The number of nitrogens with zero attached hydrogens (tertiary/aromatic N) is 1. The molecule has 0 bridgehead atoms. The highest BCUT2D eigenvalue weighted by Gasteiger charge is 2.43. The molecule has 3 heteroatoms. The van der Waals surface area contributed by atoms with Gasteiger partial charge in [0.15, 0.2) is 0 Å². The van der Waals surface area contributed by atoms with Crippen molar-refractivity contribution in [3.8, 4) is 0 Å². The summed E-state index contributed by atoms with van der Waals surface area (Å²) < 4.78 is 0. The minimum atomic E-state index is -0.135. The van der Waals surface area contributed by atoms with Gasteiger partial charge in [0.05, 0.1) is 5.54 Å². The minimum Gasteiger partial charge on any atom is -0.344 e. The smallest absolute Gasteiger partial charge is 0.126 e. The highest BCUT2D eigenvalue weighted by molar-refractivity contribution is 5.20. The number of imidazole rings is 1. The number of hydrogen-bond acceptors (Lipinski definition) is 2. The molecule has 0 spiro atoms. The molecular weight excluding hydrogens is 162 g/mol. The van der Waals surface area contributed by atoms with Gasteiger partial charge in [-0.1, -0.05) is 20.8 Å².